The second kappa shape index (κ2) is 8.77. The first-order valence-corrected chi connectivity index (χ1v) is 10.5. The zero-order chi connectivity index (χ0) is 22.0. The molecule has 0 radical (unpaired) electrons. The average molecular weight is 430 g/mol. The van der Waals surface area contributed by atoms with Crippen molar-refractivity contribution in [1.82, 2.24) is 5.06 Å². The average Bonchev–Trinajstić information content (AvgIpc) is 2.79. The quantitative estimate of drug-likeness (QED) is 0.779. The second-order valence-electron chi connectivity index (χ2n) is 8.13. The number of anilines is 2. The van der Waals surface area contributed by atoms with E-state index in [1.165, 1.54) is 16.7 Å². The topological polar surface area (TPSA) is 53.7 Å². The number of halogens is 3. The summed E-state index contributed by atoms with van der Waals surface area (Å²) in [7, 11) is 0. The van der Waals surface area contributed by atoms with Crippen molar-refractivity contribution in [2.24, 2.45) is 0 Å². The third kappa shape index (κ3) is 4.78. The zero-order valence-corrected chi connectivity index (χ0v) is 17.1. The molecule has 2 heterocycles. The minimum absolute atomic E-state index is 0.341. The monoisotopic (exact) mass is 430 g/mol. The van der Waals surface area contributed by atoms with Gasteiger partial charge < -0.3 is 15.0 Å². The third-order valence-electron chi connectivity index (χ3n) is 6.27. The summed E-state index contributed by atoms with van der Waals surface area (Å²) >= 11 is 0. The van der Waals surface area contributed by atoms with Crippen LogP contribution >= 0.6 is 0 Å². The molecule has 0 atom stereocenters. The highest BCUT2D eigenvalue weighted by Crippen LogP contribution is 2.36. The highest BCUT2D eigenvalue weighted by molar-refractivity contribution is 5.55. The second-order valence-corrected chi connectivity index (χ2v) is 8.13. The molecule has 2 aromatic carbocycles. The summed E-state index contributed by atoms with van der Waals surface area (Å²) in [5, 5.41) is 19.8. The molecule has 0 aromatic heterocycles. The van der Waals surface area contributed by atoms with Crippen LogP contribution in [0.2, 0.25) is 0 Å². The fourth-order valence-corrected chi connectivity index (χ4v) is 4.44. The molecule has 0 spiro atoms. The van der Waals surface area contributed by atoms with Gasteiger partial charge in [0.1, 0.15) is 0 Å². The van der Waals surface area contributed by atoms with E-state index in [0.717, 1.165) is 37.7 Å². The van der Waals surface area contributed by atoms with Gasteiger partial charge in [-0.15, -0.1) is 0 Å². The number of nitriles is 1. The molecule has 2 fully saturated rings. The lowest BCUT2D eigenvalue weighted by Gasteiger charge is -2.35. The van der Waals surface area contributed by atoms with E-state index in [0.29, 0.717) is 37.8 Å². The number of hydrogen-bond donors (Lipinski definition) is 1. The number of benzene rings is 2. The zero-order valence-electron chi connectivity index (χ0n) is 17.1. The lowest BCUT2D eigenvalue weighted by molar-refractivity contribution is -0.137. The Bertz CT molecular complexity index is 939. The molecule has 2 aliphatic rings. The summed E-state index contributed by atoms with van der Waals surface area (Å²) in [6, 6.07) is 14.1. The Morgan fingerprint density at radius 3 is 2.00 bits per heavy atom. The van der Waals surface area contributed by atoms with Crippen molar-refractivity contribution in [3.8, 4) is 6.07 Å². The van der Waals surface area contributed by atoms with Gasteiger partial charge in [0.15, 0.2) is 0 Å². The summed E-state index contributed by atoms with van der Waals surface area (Å²) in [5.74, 6) is 0.375. The highest BCUT2D eigenvalue weighted by atomic mass is 19.4. The number of piperazine rings is 1. The maximum absolute atomic E-state index is 13.3. The van der Waals surface area contributed by atoms with Crippen molar-refractivity contribution in [3.05, 3.63) is 59.2 Å². The summed E-state index contributed by atoms with van der Waals surface area (Å²) in [4.78, 5) is 4.22. The fourth-order valence-electron chi connectivity index (χ4n) is 4.44. The van der Waals surface area contributed by atoms with Crippen LogP contribution in [-0.2, 0) is 6.18 Å². The number of alkyl halides is 3. The molecule has 164 valence electrons. The summed E-state index contributed by atoms with van der Waals surface area (Å²) in [6.45, 7) is 4.19. The SMILES string of the molecule is N#Cc1ccc(N2CCC(c3ccc(N4CCN(O)CC4)cc3)CC2)cc1C(F)(F)F. The molecule has 0 bridgehead atoms. The Morgan fingerprint density at radius 1 is 0.839 bits per heavy atom. The molecule has 0 unspecified atom stereocenters. The van der Waals surface area contributed by atoms with Crippen molar-refractivity contribution in [2.75, 3.05) is 49.1 Å². The van der Waals surface area contributed by atoms with Gasteiger partial charge in [-0.05, 0) is 54.7 Å². The van der Waals surface area contributed by atoms with E-state index in [-0.39, 0.29) is 5.56 Å². The van der Waals surface area contributed by atoms with Gasteiger partial charge in [-0.25, -0.2) is 0 Å². The van der Waals surface area contributed by atoms with Gasteiger partial charge in [0.25, 0.3) is 0 Å². The molecule has 1 N–H and O–H groups in total. The van der Waals surface area contributed by atoms with E-state index in [4.69, 9.17) is 5.26 Å². The molecule has 4 rings (SSSR count). The first kappa shape index (κ1) is 21.5. The lowest BCUT2D eigenvalue weighted by Crippen LogP contribution is -2.44. The van der Waals surface area contributed by atoms with Crippen LogP contribution in [0.4, 0.5) is 24.5 Å². The molecule has 0 saturated carbocycles. The standard InChI is InChI=1S/C23H25F3N4O/c24-23(25,26)22-15-21(6-3-19(22)16-27)28-9-7-18(8-10-28)17-1-4-20(5-2-17)29-11-13-30(31)14-12-29/h1-6,15,18,31H,7-14H2. The first-order valence-electron chi connectivity index (χ1n) is 10.5. The van der Waals surface area contributed by atoms with Crippen LogP contribution in [0.15, 0.2) is 42.5 Å². The van der Waals surface area contributed by atoms with Gasteiger partial charge in [-0.1, -0.05) is 12.1 Å². The van der Waals surface area contributed by atoms with E-state index in [2.05, 4.69) is 29.2 Å². The summed E-state index contributed by atoms with van der Waals surface area (Å²) in [6.07, 6.45) is -2.81. The Morgan fingerprint density at radius 2 is 1.42 bits per heavy atom. The van der Waals surface area contributed by atoms with Gasteiger partial charge >= 0.3 is 6.18 Å². The number of hydrogen-bond acceptors (Lipinski definition) is 5. The Hall–Kier alpha value is -2.76. The summed E-state index contributed by atoms with van der Waals surface area (Å²) in [5.41, 5.74) is 1.70. The van der Waals surface area contributed by atoms with Crippen LogP contribution in [0.25, 0.3) is 0 Å². The number of nitrogens with zero attached hydrogens (tertiary/aromatic N) is 4. The van der Waals surface area contributed by atoms with Crippen LogP contribution in [0.1, 0.15) is 35.4 Å². The number of piperidine rings is 1. The van der Waals surface area contributed by atoms with Gasteiger partial charge in [-0.3, -0.25) is 0 Å². The van der Waals surface area contributed by atoms with Crippen LogP contribution in [0, 0.1) is 11.3 Å². The van der Waals surface area contributed by atoms with Crippen LogP contribution in [0.5, 0.6) is 0 Å². The highest BCUT2D eigenvalue weighted by Gasteiger charge is 2.34. The Balaban J connectivity index is 1.39. The Labute approximate surface area is 179 Å². The number of hydroxylamine groups is 2. The Kier molecular flexibility index (Phi) is 6.08. The molecule has 2 saturated heterocycles. The molecule has 0 amide bonds. The summed E-state index contributed by atoms with van der Waals surface area (Å²) < 4.78 is 39.8. The first-order chi connectivity index (χ1) is 14.8. The van der Waals surface area contributed by atoms with Crippen LogP contribution < -0.4 is 9.80 Å². The van der Waals surface area contributed by atoms with Crippen LogP contribution in [-0.4, -0.2) is 49.5 Å². The van der Waals surface area contributed by atoms with E-state index in [1.54, 1.807) is 12.1 Å². The minimum Gasteiger partial charge on any atom is -0.371 e. The maximum atomic E-state index is 13.3. The van der Waals surface area contributed by atoms with E-state index >= 15 is 0 Å². The van der Waals surface area contributed by atoms with Crippen molar-refractivity contribution in [1.29, 1.82) is 5.26 Å². The lowest BCUT2D eigenvalue weighted by atomic mass is 9.89. The van der Waals surface area contributed by atoms with Gasteiger partial charge in [0.05, 0.1) is 17.2 Å². The van der Waals surface area contributed by atoms with Crippen molar-refractivity contribution >= 4 is 11.4 Å². The molecular weight excluding hydrogens is 405 g/mol. The van der Waals surface area contributed by atoms with Gasteiger partial charge in [0, 0.05) is 50.6 Å². The molecule has 2 aromatic rings. The molecule has 2 aliphatic heterocycles. The third-order valence-corrected chi connectivity index (χ3v) is 6.27. The van der Waals surface area contributed by atoms with Gasteiger partial charge in [-0.2, -0.15) is 23.5 Å². The van der Waals surface area contributed by atoms with E-state index < -0.39 is 11.7 Å². The molecule has 31 heavy (non-hydrogen) atoms. The predicted molar refractivity (Wildman–Crippen MR) is 112 cm³/mol. The van der Waals surface area contributed by atoms with Gasteiger partial charge in [0.2, 0.25) is 0 Å². The number of rotatable bonds is 3. The van der Waals surface area contributed by atoms with E-state index in [9.17, 15) is 18.4 Å². The molecule has 0 aliphatic carbocycles. The van der Waals surface area contributed by atoms with Crippen LogP contribution in [0.3, 0.4) is 0 Å². The minimum atomic E-state index is -4.54. The largest absolute Gasteiger partial charge is 0.417 e. The maximum Gasteiger partial charge on any atom is 0.417 e. The van der Waals surface area contributed by atoms with Crippen molar-refractivity contribution in [3.63, 3.8) is 0 Å². The molecule has 5 nitrogen and oxygen atoms in total. The molecular formula is C23H25F3N4O. The van der Waals surface area contributed by atoms with Crippen molar-refractivity contribution in [2.45, 2.75) is 24.9 Å². The van der Waals surface area contributed by atoms with E-state index in [1.807, 2.05) is 4.90 Å². The smallest absolute Gasteiger partial charge is 0.371 e. The predicted octanol–water partition coefficient (Wildman–Crippen LogP) is 4.47. The van der Waals surface area contributed by atoms with Crippen molar-refractivity contribution < 1.29 is 18.4 Å². The fraction of sp³-hybridized carbons (Fsp3) is 0.435. The normalized spacial score (nSPS) is 18.8. The molecule has 8 heteroatoms.